The molecular formula is C13H11F2N3O2. The first-order chi connectivity index (χ1) is 9.45. The van der Waals surface area contributed by atoms with Crippen LogP contribution in [0.4, 0.5) is 14.7 Å². The average molecular weight is 279 g/mol. The summed E-state index contributed by atoms with van der Waals surface area (Å²) in [6.45, 7) is 1.65. The van der Waals surface area contributed by atoms with E-state index in [0.29, 0.717) is 5.69 Å². The van der Waals surface area contributed by atoms with Crippen molar-refractivity contribution >= 4 is 11.9 Å². The van der Waals surface area contributed by atoms with Crippen LogP contribution in [0.3, 0.4) is 0 Å². The first kappa shape index (κ1) is 13.9. The van der Waals surface area contributed by atoms with E-state index in [1.54, 1.807) is 6.92 Å². The number of anilines is 1. The monoisotopic (exact) mass is 279 g/mol. The van der Waals surface area contributed by atoms with Crippen LogP contribution in [-0.2, 0) is 6.54 Å². The van der Waals surface area contributed by atoms with E-state index < -0.39 is 17.6 Å². The minimum atomic E-state index is -1.17. The summed E-state index contributed by atoms with van der Waals surface area (Å²) >= 11 is 0. The third kappa shape index (κ3) is 3.25. The van der Waals surface area contributed by atoms with Gasteiger partial charge in [-0.05, 0) is 19.1 Å². The van der Waals surface area contributed by atoms with Crippen LogP contribution in [0.25, 0.3) is 0 Å². The molecule has 104 valence electrons. The summed E-state index contributed by atoms with van der Waals surface area (Å²) in [6, 6.07) is 4.54. The fourth-order valence-corrected chi connectivity index (χ4v) is 1.60. The van der Waals surface area contributed by atoms with E-state index in [4.69, 9.17) is 5.11 Å². The van der Waals surface area contributed by atoms with Gasteiger partial charge in [-0.3, -0.25) is 0 Å². The molecule has 0 unspecified atom stereocenters. The summed E-state index contributed by atoms with van der Waals surface area (Å²) in [6.07, 6.45) is 0. The number of hydrogen-bond acceptors (Lipinski definition) is 4. The van der Waals surface area contributed by atoms with Gasteiger partial charge in [0.1, 0.15) is 11.6 Å². The van der Waals surface area contributed by atoms with Crippen LogP contribution in [0.1, 0.15) is 21.7 Å². The van der Waals surface area contributed by atoms with Crippen molar-refractivity contribution in [3.63, 3.8) is 0 Å². The predicted octanol–water partition coefficient (Wildman–Crippen LogP) is 2.37. The van der Waals surface area contributed by atoms with Crippen molar-refractivity contribution in [2.75, 3.05) is 5.32 Å². The molecule has 0 saturated carbocycles. The molecule has 0 aliphatic carbocycles. The third-order valence-corrected chi connectivity index (χ3v) is 2.53. The van der Waals surface area contributed by atoms with E-state index in [0.717, 1.165) is 12.1 Å². The number of nitrogens with one attached hydrogen (secondary N) is 1. The van der Waals surface area contributed by atoms with E-state index in [2.05, 4.69) is 15.3 Å². The summed E-state index contributed by atoms with van der Waals surface area (Å²) in [5.41, 5.74) is 0.549. The van der Waals surface area contributed by atoms with E-state index in [1.165, 1.54) is 12.1 Å². The SMILES string of the molecule is Cc1cc(C(=O)O)nc(NCc2ccc(F)cc2F)n1. The quantitative estimate of drug-likeness (QED) is 0.898. The Balaban J connectivity index is 2.16. The van der Waals surface area contributed by atoms with Gasteiger partial charge in [-0.15, -0.1) is 0 Å². The molecule has 1 heterocycles. The minimum Gasteiger partial charge on any atom is -0.477 e. The lowest BCUT2D eigenvalue weighted by Gasteiger charge is -2.07. The van der Waals surface area contributed by atoms with Crippen molar-refractivity contribution in [3.8, 4) is 0 Å². The number of rotatable bonds is 4. The molecule has 0 aliphatic rings. The Morgan fingerprint density at radius 3 is 2.70 bits per heavy atom. The summed E-state index contributed by atoms with van der Waals surface area (Å²) in [4.78, 5) is 18.6. The molecule has 0 fully saturated rings. The standard InChI is InChI=1S/C13H11F2N3O2/c1-7-4-11(12(19)20)18-13(17-7)16-6-8-2-3-9(14)5-10(8)15/h2-5H,6H2,1H3,(H,19,20)(H,16,17,18). The topological polar surface area (TPSA) is 75.1 Å². The van der Waals surface area contributed by atoms with E-state index >= 15 is 0 Å². The summed E-state index contributed by atoms with van der Waals surface area (Å²) in [5, 5.41) is 11.6. The third-order valence-electron chi connectivity index (χ3n) is 2.53. The zero-order chi connectivity index (χ0) is 14.7. The number of aryl methyl sites for hydroxylation is 1. The highest BCUT2D eigenvalue weighted by atomic mass is 19.1. The van der Waals surface area contributed by atoms with Crippen molar-refractivity contribution in [1.29, 1.82) is 0 Å². The Morgan fingerprint density at radius 2 is 2.05 bits per heavy atom. The molecular weight excluding hydrogens is 268 g/mol. The molecule has 0 radical (unpaired) electrons. The van der Waals surface area contributed by atoms with Crippen LogP contribution in [-0.4, -0.2) is 21.0 Å². The maximum absolute atomic E-state index is 13.4. The molecule has 5 nitrogen and oxygen atoms in total. The molecule has 7 heteroatoms. The van der Waals surface area contributed by atoms with Gasteiger partial charge in [0.15, 0.2) is 5.69 Å². The number of carboxylic acids is 1. The molecule has 2 N–H and O–H groups in total. The summed E-state index contributed by atoms with van der Waals surface area (Å²) in [7, 11) is 0. The Hall–Kier alpha value is -2.57. The second kappa shape index (κ2) is 5.60. The van der Waals surface area contributed by atoms with E-state index in [9.17, 15) is 13.6 Å². The number of carbonyl (C=O) groups is 1. The van der Waals surface area contributed by atoms with Gasteiger partial charge in [0.2, 0.25) is 5.95 Å². The molecule has 0 saturated heterocycles. The largest absolute Gasteiger partial charge is 0.477 e. The number of halogens is 2. The lowest BCUT2D eigenvalue weighted by Crippen LogP contribution is -2.10. The number of nitrogens with zero attached hydrogens (tertiary/aromatic N) is 2. The van der Waals surface area contributed by atoms with Crippen molar-refractivity contribution in [1.82, 2.24) is 9.97 Å². The molecule has 0 spiro atoms. The fourth-order valence-electron chi connectivity index (χ4n) is 1.60. The van der Waals surface area contributed by atoms with Gasteiger partial charge >= 0.3 is 5.97 Å². The first-order valence-electron chi connectivity index (χ1n) is 5.72. The minimum absolute atomic E-state index is 0.0224. The van der Waals surface area contributed by atoms with E-state index in [1.807, 2.05) is 0 Å². The number of hydrogen-bond donors (Lipinski definition) is 2. The van der Waals surface area contributed by atoms with Crippen molar-refractivity contribution in [2.45, 2.75) is 13.5 Å². The molecule has 2 rings (SSSR count). The molecule has 2 aromatic rings. The van der Waals surface area contributed by atoms with Crippen LogP contribution in [0.5, 0.6) is 0 Å². The van der Waals surface area contributed by atoms with Crippen LogP contribution < -0.4 is 5.32 Å². The summed E-state index contributed by atoms with van der Waals surface area (Å²) < 4.78 is 26.2. The summed E-state index contributed by atoms with van der Waals surface area (Å²) in [5.74, 6) is -2.45. The lowest BCUT2D eigenvalue weighted by molar-refractivity contribution is 0.0690. The zero-order valence-corrected chi connectivity index (χ0v) is 10.5. The normalized spacial score (nSPS) is 10.3. The smallest absolute Gasteiger partial charge is 0.354 e. The number of benzene rings is 1. The highest BCUT2D eigenvalue weighted by molar-refractivity contribution is 5.85. The molecule has 0 amide bonds. The Morgan fingerprint density at radius 1 is 1.30 bits per heavy atom. The van der Waals surface area contributed by atoms with Gasteiger partial charge < -0.3 is 10.4 Å². The van der Waals surface area contributed by atoms with Gasteiger partial charge in [-0.1, -0.05) is 6.07 Å². The lowest BCUT2D eigenvalue weighted by atomic mass is 10.2. The van der Waals surface area contributed by atoms with Crippen molar-refractivity contribution in [2.24, 2.45) is 0 Å². The second-order valence-corrected chi connectivity index (χ2v) is 4.11. The molecule has 20 heavy (non-hydrogen) atoms. The Labute approximate surface area is 113 Å². The highest BCUT2D eigenvalue weighted by Crippen LogP contribution is 2.12. The van der Waals surface area contributed by atoms with Gasteiger partial charge in [-0.2, -0.15) is 0 Å². The van der Waals surface area contributed by atoms with Crippen molar-refractivity contribution in [3.05, 3.63) is 52.9 Å². The second-order valence-electron chi connectivity index (χ2n) is 4.11. The van der Waals surface area contributed by atoms with Gasteiger partial charge in [0, 0.05) is 23.9 Å². The number of aromatic carboxylic acids is 1. The molecule has 0 atom stereocenters. The van der Waals surface area contributed by atoms with Crippen LogP contribution in [0.2, 0.25) is 0 Å². The Bertz CT molecular complexity index is 662. The molecule has 1 aromatic heterocycles. The van der Waals surface area contributed by atoms with Crippen LogP contribution in [0, 0.1) is 18.6 Å². The fraction of sp³-hybridized carbons (Fsp3) is 0.154. The van der Waals surface area contributed by atoms with Gasteiger partial charge in [0.25, 0.3) is 0 Å². The Kier molecular flexibility index (Phi) is 3.88. The van der Waals surface area contributed by atoms with Crippen molar-refractivity contribution < 1.29 is 18.7 Å². The van der Waals surface area contributed by atoms with Gasteiger partial charge in [0.05, 0.1) is 0 Å². The van der Waals surface area contributed by atoms with Crippen LogP contribution in [0.15, 0.2) is 24.3 Å². The maximum atomic E-state index is 13.4. The number of aromatic nitrogens is 2. The maximum Gasteiger partial charge on any atom is 0.354 e. The number of carboxylic acid groups (broad SMARTS) is 1. The highest BCUT2D eigenvalue weighted by Gasteiger charge is 2.09. The van der Waals surface area contributed by atoms with Gasteiger partial charge in [-0.25, -0.2) is 23.5 Å². The molecule has 0 aliphatic heterocycles. The average Bonchev–Trinajstić information content (AvgIpc) is 2.37. The zero-order valence-electron chi connectivity index (χ0n) is 10.5. The first-order valence-corrected chi connectivity index (χ1v) is 5.72. The predicted molar refractivity (Wildman–Crippen MR) is 67.4 cm³/mol. The molecule has 0 bridgehead atoms. The van der Waals surface area contributed by atoms with E-state index in [-0.39, 0.29) is 23.8 Å². The van der Waals surface area contributed by atoms with Crippen LogP contribution >= 0.6 is 0 Å². The molecule has 1 aromatic carbocycles.